The van der Waals surface area contributed by atoms with Crippen molar-refractivity contribution in [2.24, 2.45) is 0 Å². The van der Waals surface area contributed by atoms with Crippen molar-refractivity contribution in [3.63, 3.8) is 0 Å². The predicted octanol–water partition coefficient (Wildman–Crippen LogP) is 3.75. The maximum absolute atomic E-state index is 6.29. The second-order valence-electron chi connectivity index (χ2n) is 5.97. The van der Waals surface area contributed by atoms with Crippen molar-refractivity contribution >= 4 is 47.8 Å². The van der Waals surface area contributed by atoms with E-state index in [9.17, 15) is 0 Å². The lowest BCUT2D eigenvalue weighted by Gasteiger charge is -2.29. The average Bonchev–Trinajstić information content (AvgIpc) is 3.10. The number of hydrogen-bond acceptors (Lipinski definition) is 3. The van der Waals surface area contributed by atoms with Gasteiger partial charge >= 0.3 is 0 Å². The number of terminal acetylenes is 1. The summed E-state index contributed by atoms with van der Waals surface area (Å²) in [6, 6.07) is 0. The summed E-state index contributed by atoms with van der Waals surface area (Å²) in [5, 5.41) is 0. The Morgan fingerprint density at radius 2 is 2.00 bits per heavy atom. The van der Waals surface area contributed by atoms with Crippen LogP contribution in [0.1, 0.15) is 32.6 Å². The van der Waals surface area contributed by atoms with Crippen LogP contribution in [0.5, 0.6) is 0 Å². The zero-order valence-corrected chi connectivity index (χ0v) is 16.6. The fraction of sp³-hybridized carbons (Fsp3) is 0.867. The number of alkyl halides is 3. The van der Waals surface area contributed by atoms with E-state index in [4.69, 9.17) is 20.6 Å². The van der Waals surface area contributed by atoms with Gasteiger partial charge in [0.25, 0.3) is 0 Å². The highest BCUT2D eigenvalue weighted by Gasteiger charge is 2.60. The number of fused-ring (bicyclic) bond motifs is 1. The summed E-state index contributed by atoms with van der Waals surface area (Å²) in [4.78, 5) is 0.524. The van der Waals surface area contributed by atoms with Crippen LogP contribution in [-0.4, -0.2) is 44.7 Å². The van der Waals surface area contributed by atoms with Crippen LogP contribution in [0.2, 0.25) is 0 Å². The molecule has 118 valence electrons. The van der Waals surface area contributed by atoms with Gasteiger partial charge in [-0.3, -0.25) is 0 Å². The first kappa shape index (κ1) is 16.7. The van der Waals surface area contributed by atoms with Crippen LogP contribution in [-0.2, 0) is 14.2 Å². The van der Waals surface area contributed by atoms with Gasteiger partial charge in [0, 0.05) is 17.7 Å². The highest BCUT2D eigenvalue weighted by Crippen LogP contribution is 2.51. The molecule has 0 aromatic heterocycles. The molecule has 3 aliphatic heterocycles. The molecule has 3 aliphatic rings. The molecule has 1 spiro atoms. The number of hydrogen-bond donors (Lipinski definition) is 0. The Hall–Kier alpha value is 0.880. The van der Waals surface area contributed by atoms with Gasteiger partial charge in [-0.1, -0.05) is 60.6 Å². The van der Waals surface area contributed by atoms with Gasteiger partial charge in [0.2, 0.25) is 0 Å². The van der Waals surface area contributed by atoms with E-state index in [0.717, 1.165) is 25.7 Å². The van der Waals surface area contributed by atoms with E-state index in [1.807, 2.05) is 0 Å². The summed E-state index contributed by atoms with van der Waals surface area (Å²) < 4.78 is 18.6. The minimum absolute atomic E-state index is 0.0351. The smallest absolute Gasteiger partial charge is 0.184 e. The van der Waals surface area contributed by atoms with Gasteiger partial charge in [-0.25, -0.2) is 0 Å². The molecule has 0 bridgehead atoms. The fourth-order valence-corrected chi connectivity index (χ4v) is 4.89. The van der Waals surface area contributed by atoms with E-state index in [1.54, 1.807) is 0 Å². The van der Waals surface area contributed by atoms with E-state index < -0.39 is 5.79 Å². The Labute approximate surface area is 151 Å². The van der Waals surface area contributed by atoms with Crippen LogP contribution in [0.25, 0.3) is 0 Å². The molecule has 3 rings (SSSR count). The van der Waals surface area contributed by atoms with E-state index in [0.29, 0.717) is 4.83 Å². The molecule has 3 nitrogen and oxygen atoms in total. The molecular formula is C15H19Br3O3. The largest absolute Gasteiger partial charge is 0.370 e. The highest BCUT2D eigenvalue weighted by molar-refractivity contribution is 9.10. The van der Waals surface area contributed by atoms with Crippen molar-refractivity contribution in [3.8, 4) is 12.3 Å². The van der Waals surface area contributed by atoms with E-state index >= 15 is 0 Å². The molecule has 0 amide bonds. The maximum atomic E-state index is 6.29. The number of ether oxygens (including phenoxy) is 3. The summed E-state index contributed by atoms with van der Waals surface area (Å²) in [6.07, 6.45) is 9.43. The molecule has 3 fully saturated rings. The minimum Gasteiger partial charge on any atom is -0.370 e. The van der Waals surface area contributed by atoms with Gasteiger partial charge in [-0.05, 0) is 12.8 Å². The van der Waals surface area contributed by atoms with Crippen LogP contribution in [0.15, 0.2) is 0 Å². The van der Waals surface area contributed by atoms with Crippen LogP contribution < -0.4 is 0 Å². The van der Waals surface area contributed by atoms with Gasteiger partial charge in [0.05, 0.1) is 29.2 Å². The summed E-state index contributed by atoms with van der Waals surface area (Å²) >= 11 is 10.9. The van der Waals surface area contributed by atoms with Gasteiger partial charge in [0.15, 0.2) is 5.79 Å². The predicted molar refractivity (Wildman–Crippen MR) is 92.3 cm³/mol. The van der Waals surface area contributed by atoms with E-state index in [-0.39, 0.29) is 34.1 Å². The van der Waals surface area contributed by atoms with Crippen molar-refractivity contribution in [3.05, 3.63) is 0 Å². The second-order valence-corrected chi connectivity index (χ2v) is 9.24. The Kier molecular flexibility index (Phi) is 5.11. The fourth-order valence-electron chi connectivity index (χ4n) is 3.46. The first-order chi connectivity index (χ1) is 9.99. The van der Waals surface area contributed by atoms with E-state index in [2.05, 4.69) is 60.6 Å². The van der Waals surface area contributed by atoms with Gasteiger partial charge in [-0.15, -0.1) is 6.42 Å². The molecule has 0 unspecified atom stereocenters. The molecule has 0 N–H and O–H groups in total. The summed E-state index contributed by atoms with van der Waals surface area (Å²) in [6.45, 7) is 2.16. The van der Waals surface area contributed by atoms with Gasteiger partial charge in [-0.2, -0.15) is 0 Å². The van der Waals surface area contributed by atoms with Crippen LogP contribution in [0.4, 0.5) is 0 Å². The standard InChI is InChI=1S/C15H19Br3O3/c1-3-8(16)10-5-12-13(19-10)7-15(21-12)14(18)6-11(20-15)9(17)4-2/h1,8-14H,4-7H2,2H3/t8-,9+,10+,11-,12+,13+,14-,15-/m0/s1. The summed E-state index contributed by atoms with van der Waals surface area (Å²) in [7, 11) is 0. The lowest BCUT2D eigenvalue weighted by Crippen LogP contribution is -2.38. The normalized spacial score (nSPS) is 48.2. The number of halogens is 3. The Bertz CT molecular complexity index is 424. The first-order valence-corrected chi connectivity index (χ1v) is 10.1. The Balaban J connectivity index is 1.65. The van der Waals surface area contributed by atoms with Crippen molar-refractivity contribution < 1.29 is 14.2 Å². The molecule has 6 heteroatoms. The zero-order chi connectivity index (χ0) is 15.2. The third-order valence-corrected chi connectivity index (χ3v) is 7.77. The molecule has 0 aromatic carbocycles. The van der Waals surface area contributed by atoms with E-state index in [1.165, 1.54) is 0 Å². The van der Waals surface area contributed by atoms with Gasteiger partial charge in [0.1, 0.15) is 4.83 Å². The molecule has 0 radical (unpaired) electrons. The molecular weight excluding hydrogens is 468 g/mol. The van der Waals surface area contributed by atoms with Crippen LogP contribution in [0.3, 0.4) is 0 Å². The van der Waals surface area contributed by atoms with Gasteiger partial charge < -0.3 is 14.2 Å². The molecule has 21 heavy (non-hydrogen) atoms. The second kappa shape index (κ2) is 6.41. The minimum atomic E-state index is -0.538. The van der Waals surface area contributed by atoms with Crippen molar-refractivity contribution in [1.29, 1.82) is 0 Å². The van der Waals surface area contributed by atoms with Crippen molar-refractivity contribution in [2.75, 3.05) is 0 Å². The SMILES string of the molecule is C#C[C@H](Br)[C@H]1C[C@H]2O[C@]3(C[C@H]2O1)O[C@H]([C@H](Br)CC)C[C@@H]3Br. The molecule has 0 aromatic rings. The zero-order valence-electron chi connectivity index (χ0n) is 11.8. The van der Waals surface area contributed by atoms with Crippen LogP contribution >= 0.6 is 47.8 Å². The Morgan fingerprint density at radius 3 is 2.62 bits per heavy atom. The molecule has 3 heterocycles. The lowest BCUT2D eigenvalue weighted by atomic mass is 10.0. The number of rotatable bonds is 3. The summed E-state index contributed by atoms with van der Waals surface area (Å²) in [5.74, 6) is 2.15. The topological polar surface area (TPSA) is 27.7 Å². The van der Waals surface area contributed by atoms with Crippen LogP contribution in [0, 0.1) is 12.3 Å². The molecule has 8 atom stereocenters. The molecule has 0 saturated carbocycles. The first-order valence-electron chi connectivity index (χ1n) is 7.38. The monoisotopic (exact) mass is 484 g/mol. The lowest BCUT2D eigenvalue weighted by molar-refractivity contribution is -0.213. The Morgan fingerprint density at radius 1 is 1.24 bits per heavy atom. The van der Waals surface area contributed by atoms with Crippen molar-refractivity contribution in [2.45, 2.75) is 77.3 Å². The van der Waals surface area contributed by atoms with Crippen molar-refractivity contribution in [1.82, 2.24) is 0 Å². The third kappa shape index (κ3) is 2.99. The molecule has 0 aliphatic carbocycles. The average molecular weight is 487 g/mol. The maximum Gasteiger partial charge on any atom is 0.184 e. The quantitative estimate of drug-likeness (QED) is 0.449. The highest BCUT2D eigenvalue weighted by atomic mass is 79.9. The summed E-state index contributed by atoms with van der Waals surface area (Å²) in [5.41, 5.74) is 0. The molecule has 3 saturated heterocycles. The third-order valence-electron chi connectivity index (χ3n) is 4.61.